The third kappa shape index (κ3) is 3.17. The first-order chi connectivity index (χ1) is 9.63. The molecule has 106 valence electrons. The highest BCUT2D eigenvalue weighted by atomic mass is 16.3. The highest BCUT2D eigenvalue weighted by Gasteiger charge is 2.22. The summed E-state index contributed by atoms with van der Waals surface area (Å²) in [6.45, 7) is 0.124. The van der Waals surface area contributed by atoms with Crippen LogP contribution in [0.1, 0.15) is 46.9 Å². The van der Waals surface area contributed by atoms with Gasteiger partial charge in [0.05, 0.1) is 6.10 Å². The van der Waals surface area contributed by atoms with E-state index in [0.717, 1.165) is 18.4 Å². The number of rotatable bonds is 5. The number of carbonyl (C=O) groups excluding carboxylic acids is 1. The van der Waals surface area contributed by atoms with Crippen LogP contribution in [0.4, 0.5) is 0 Å². The van der Waals surface area contributed by atoms with Gasteiger partial charge in [-0.15, -0.1) is 0 Å². The van der Waals surface area contributed by atoms with Gasteiger partial charge in [0.1, 0.15) is 6.10 Å². The third-order valence-electron chi connectivity index (χ3n) is 3.58. The molecule has 1 aliphatic rings. The Morgan fingerprint density at radius 1 is 1.35 bits per heavy atom. The fourth-order valence-electron chi connectivity index (χ4n) is 2.44. The molecule has 0 aliphatic heterocycles. The van der Waals surface area contributed by atoms with Gasteiger partial charge in [0.25, 0.3) is 0 Å². The number of aliphatic hydroxyl groups excluding tert-OH is 2. The molecule has 6 heteroatoms. The Morgan fingerprint density at radius 2 is 2.15 bits per heavy atom. The SMILES string of the molecule is [N-]=[N+]=NCCC(O)C(O)c1ccc2c(c1)C(=O)CCC2. The van der Waals surface area contributed by atoms with Gasteiger partial charge >= 0.3 is 0 Å². The fraction of sp³-hybridized carbons (Fsp3) is 0.500. The Balaban J connectivity index is 2.14. The number of carbonyl (C=O) groups is 1. The lowest BCUT2D eigenvalue weighted by Gasteiger charge is -2.20. The molecule has 0 radical (unpaired) electrons. The zero-order valence-corrected chi connectivity index (χ0v) is 11.1. The number of aliphatic hydroxyl groups is 2. The molecule has 2 unspecified atom stereocenters. The average molecular weight is 275 g/mol. The monoisotopic (exact) mass is 275 g/mol. The standard InChI is InChI=1S/C14H17N3O3/c15-17-16-7-6-13(19)14(20)10-5-4-9-2-1-3-12(18)11(9)8-10/h4-5,8,13-14,19-20H,1-3,6-7H2. The lowest BCUT2D eigenvalue weighted by atomic mass is 9.88. The lowest BCUT2D eigenvalue weighted by Crippen LogP contribution is -2.20. The molecule has 20 heavy (non-hydrogen) atoms. The maximum absolute atomic E-state index is 11.8. The molecular weight excluding hydrogens is 258 g/mol. The average Bonchev–Trinajstić information content (AvgIpc) is 2.47. The van der Waals surface area contributed by atoms with Gasteiger partial charge in [0.2, 0.25) is 0 Å². The molecule has 0 aromatic heterocycles. The van der Waals surface area contributed by atoms with E-state index in [1.165, 1.54) is 0 Å². The minimum Gasteiger partial charge on any atom is -0.390 e. The van der Waals surface area contributed by atoms with Crippen LogP contribution in [0.25, 0.3) is 10.4 Å². The highest BCUT2D eigenvalue weighted by Crippen LogP contribution is 2.26. The Hall–Kier alpha value is -1.88. The van der Waals surface area contributed by atoms with E-state index in [4.69, 9.17) is 5.53 Å². The van der Waals surface area contributed by atoms with Gasteiger partial charge in [-0.25, -0.2) is 0 Å². The van der Waals surface area contributed by atoms with Gasteiger partial charge in [-0.2, -0.15) is 0 Å². The van der Waals surface area contributed by atoms with Crippen LogP contribution in [-0.4, -0.2) is 28.6 Å². The number of benzene rings is 1. The van der Waals surface area contributed by atoms with E-state index in [2.05, 4.69) is 10.0 Å². The van der Waals surface area contributed by atoms with E-state index >= 15 is 0 Å². The van der Waals surface area contributed by atoms with Crippen LogP contribution in [0.15, 0.2) is 23.3 Å². The molecular formula is C14H17N3O3. The Morgan fingerprint density at radius 3 is 2.90 bits per heavy atom. The smallest absolute Gasteiger partial charge is 0.163 e. The van der Waals surface area contributed by atoms with Crippen molar-refractivity contribution < 1.29 is 15.0 Å². The van der Waals surface area contributed by atoms with E-state index in [1.54, 1.807) is 12.1 Å². The first kappa shape index (κ1) is 14.5. The summed E-state index contributed by atoms with van der Waals surface area (Å²) in [6, 6.07) is 5.24. The molecule has 0 spiro atoms. The normalized spacial score (nSPS) is 17.0. The van der Waals surface area contributed by atoms with Crippen molar-refractivity contribution in [2.24, 2.45) is 5.11 Å². The summed E-state index contributed by atoms with van der Waals surface area (Å²) in [5.74, 6) is 0.0869. The van der Waals surface area contributed by atoms with Crippen LogP contribution in [0.5, 0.6) is 0 Å². The zero-order chi connectivity index (χ0) is 14.5. The van der Waals surface area contributed by atoms with E-state index in [-0.39, 0.29) is 18.7 Å². The largest absolute Gasteiger partial charge is 0.390 e. The molecule has 2 atom stereocenters. The summed E-state index contributed by atoms with van der Waals surface area (Å²) < 4.78 is 0. The van der Waals surface area contributed by atoms with Gasteiger partial charge in [0.15, 0.2) is 5.78 Å². The van der Waals surface area contributed by atoms with E-state index < -0.39 is 12.2 Å². The van der Waals surface area contributed by atoms with E-state index in [9.17, 15) is 15.0 Å². The maximum atomic E-state index is 11.8. The molecule has 0 fully saturated rings. The van der Waals surface area contributed by atoms with Crippen molar-refractivity contribution in [3.63, 3.8) is 0 Å². The predicted molar refractivity (Wildman–Crippen MR) is 73.3 cm³/mol. The Bertz CT molecular complexity index is 553. The third-order valence-corrected chi connectivity index (χ3v) is 3.58. The minimum atomic E-state index is -1.08. The number of aryl methyl sites for hydroxylation is 1. The highest BCUT2D eigenvalue weighted by molar-refractivity contribution is 5.98. The molecule has 0 saturated heterocycles. The second-order valence-corrected chi connectivity index (χ2v) is 4.95. The number of hydrogen-bond acceptors (Lipinski definition) is 4. The molecule has 2 N–H and O–H groups in total. The molecule has 0 bridgehead atoms. The number of hydrogen-bond donors (Lipinski definition) is 2. The van der Waals surface area contributed by atoms with E-state index in [1.807, 2.05) is 6.07 Å². The molecule has 1 aliphatic carbocycles. The Kier molecular flexibility index (Phi) is 4.74. The topological polar surface area (TPSA) is 106 Å². The summed E-state index contributed by atoms with van der Waals surface area (Å²) >= 11 is 0. The van der Waals surface area contributed by atoms with Crippen molar-refractivity contribution in [1.29, 1.82) is 0 Å². The molecule has 2 rings (SSSR count). The van der Waals surface area contributed by atoms with Crippen molar-refractivity contribution in [2.75, 3.05) is 6.54 Å². The summed E-state index contributed by atoms with van der Waals surface area (Å²) in [7, 11) is 0. The van der Waals surface area contributed by atoms with Gasteiger partial charge in [-0.1, -0.05) is 17.2 Å². The first-order valence-corrected chi connectivity index (χ1v) is 6.66. The van der Waals surface area contributed by atoms with Crippen molar-refractivity contribution >= 4 is 5.78 Å². The van der Waals surface area contributed by atoms with Crippen molar-refractivity contribution in [1.82, 2.24) is 0 Å². The summed E-state index contributed by atoms with van der Waals surface area (Å²) in [4.78, 5) is 14.4. The van der Waals surface area contributed by atoms with Gasteiger partial charge in [0, 0.05) is 23.4 Å². The van der Waals surface area contributed by atoms with Crippen LogP contribution in [0, 0.1) is 0 Å². The number of nitrogens with zero attached hydrogens (tertiary/aromatic N) is 3. The maximum Gasteiger partial charge on any atom is 0.163 e. The van der Waals surface area contributed by atoms with E-state index in [0.29, 0.717) is 17.5 Å². The molecule has 1 aromatic rings. The van der Waals surface area contributed by atoms with Crippen molar-refractivity contribution in [2.45, 2.75) is 37.9 Å². The van der Waals surface area contributed by atoms with Gasteiger partial charge in [-0.05, 0) is 42.0 Å². The first-order valence-electron chi connectivity index (χ1n) is 6.66. The van der Waals surface area contributed by atoms with Crippen LogP contribution in [-0.2, 0) is 6.42 Å². The Labute approximate surface area is 116 Å². The number of fused-ring (bicyclic) bond motifs is 1. The predicted octanol–water partition coefficient (Wildman–Crippen LogP) is 2.30. The van der Waals surface area contributed by atoms with Crippen molar-refractivity contribution in [3.8, 4) is 0 Å². The summed E-state index contributed by atoms with van der Waals surface area (Å²) in [5, 5.41) is 23.3. The number of Topliss-reactive ketones (excluding diaryl/α,β-unsaturated/α-hetero) is 1. The zero-order valence-electron chi connectivity index (χ0n) is 11.1. The number of azide groups is 1. The molecule has 1 aromatic carbocycles. The second kappa shape index (κ2) is 6.52. The lowest BCUT2D eigenvalue weighted by molar-refractivity contribution is 0.0150. The number of ketones is 1. The van der Waals surface area contributed by atoms with Crippen molar-refractivity contribution in [3.05, 3.63) is 45.3 Å². The van der Waals surface area contributed by atoms with Crippen LogP contribution in [0.3, 0.4) is 0 Å². The van der Waals surface area contributed by atoms with Crippen LogP contribution in [0.2, 0.25) is 0 Å². The summed E-state index contributed by atoms with van der Waals surface area (Å²) in [6.07, 6.45) is 0.350. The van der Waals surface area contributed by atoms with Crippen LogP contribution < -0.4 is 0 Å². The van der Waals surface area contributed by atoms with Gasteiger partial charge < -0.3 is 10.2 Å². The summed E-state index contributed by atoms with van der Waals surface area (Å²) in [5.41, 5.74) is 10.3. The van der Waals surface area contributed by atoms with Crippen LogP contribution >= 0.6 is 0 Å². The molecule has 0 heterocycles. The second-order valence-electron chi connectivity index (χ2n) is 4.95. The molecule has 6 nitrogen and oxygen atoms in total. The van der Waals surface area contributed by atoms with Gasteiger partial charge in [-0.3, -0.25) is 4.79 Å². The minimum absolute atomic E-state index is 0.0869. The quantitative estimate of drug-likeness (QED) is 0.489. The molecule has 0 amide bonds. The fourth-order valence-corrected chi connectivity index (χ4v) is 2.44. The molecule has 0 saturated carbocycles.